The predicted octanol–water partition coefficient (Wildman–Crippen LogP) is 2.81. The number of nitrogens with zero attached hydrogens (tertiary/aromatic N) is 3. The second-order valence-electron chi connectivity index (χ2n) is 5.46. The zero-order valence-electron chi connectivity index (χ0n) is 13.1. The molecule has 20 heavy (non-hydrogen) atoms. The molecule has 4 nitrogen and oxygen atoms in total. The maximum atomic E-state index is 4.62. The molecule has 0 aromatic carbocycles. The first-order valence-corrected chi connectivity index (χ1v) is 7.57. The van der Waals surface area contributed by atoms with E-state index in [2.05, 4.69) is 71.8 Å². The largest absolute Gasteiger partial charge is 0.344 e. The van der Waals surface area contributed by atoms with E-state index >= 15 is 0 Å². The summed E-state index contributed by atoms with van der Waals surface area (Å²) in [5.41, 5.74) is 3.78. The number of rotatable bonds is 7. The second-order valence-corrected chi connectivity index (χ2v) is 5.46. The predicted molar refractivity (Wildman–Crippen MR) is 82.8 cm³/mol. The van der Waals surface area contributed by atoms with Crippen LogP contribution in [0.5, 0.6) is 0 Å². The Balaban J connectivity index is 2.13. The first-order valence-electron chi connectivity index (χ1n) is 7.57. The van der Waals surface area contributed by atoms with Gasteiger partial charge in [-0.05, 0) is 31.5 Å². The van der Waals surface area contributed by atoms with Crippen LogP contribution in [0, 0.1) is 0 Å². The Hall–Kier alpha value is -1.55. The SMILES string of the molecule is CCc1cc(Cn2cccc2CNC(C)C)n(CC)n1. The number of nitrogens with one attached hydrogen (secondary N) is 1. The van der Waals surface area contributed by atoms with E-state index in [1.165, 1.54) is 17.1 Å². The average Bonchev–Trinajstić information content (AvgIpc) is 3.03. The summed E-state index contributed by atoms with van der Waals surface area (Å²) in [7, 11) is 0. The van der Waals surface area contributed by atoms with E-state index < -0.39 is 0 Å². The van der Waals surface area contributed by atoms with Crippen LogP contribution in [0.25, 0.3) is 0 Å². The maximum Gasteiger partial charge on any atom is 0.0642 e. The summed E-state index contributed by atoms with van der Waals surface area (Å²) < 4.78 is 4.41. The number of hydrogen-bond acceptors (Lipinski definition) is 2. The fourth-order valence-corrected chi connectivity index (χ4v) is 2.34. The molecular formula is C16H26N4. The van der Waals surface area contributed by atoms with Crippen molar-refractivity contribution in [2.45, 2.75) is 59.8 Å². The van der Waals surface area contributed by atoms with Gasteiger partial charge in [0.2, 0.25) is 0 Å². The van der Waals surface area contributed by atoms with Crippen LogP contribution in [0.4, 0.5) is 0 Å². The van der Waals surface area contributed by atoms with Gasteiger partial charge in [0.25, 0.3) is 0 Å². The van der Waals surface area contributed by atoms with Gasteiger partial charge < -0.3 is 9.88 Å². The summed E-state index contributed by atoms with van der Waals surface area (Å²) >= 11 is 0. The van der Waals surface area contributed by atoms with Gasteiger partial charge in [-0.25, -0.2) is 0 Å². The van der Waals surface area contributed by atoms with Crippen molar-refractivity contribution in [3.8, 4) is 0 Å². The van der Waals surface area contributed by atoms with Crippen molar-refractivity contribution in [2.24, 2.45) is 0 Å². The zero-order valence-corrected chi connectivity index (χ0v) is 13.1. The van der Waals surface area contributed by atoms with E-state index in [0.717, 1.165) is 26.1 Å². The highest BCUT2D eigenvalue weighted by atomic mass is 15.3. The van der Waals surface area contributed by atoms with E-state index in [4.69, 9.17) is 0 Å². The molecule has 0 bridgehead atoms. The molecule has 0 saturated carbocycles. The molecule has 0 aliphatic carbocycles. The summed E-state index contributed by atoms with van der Waals surface area (Å²) in [6, 6.07) is 7.03. The van der Waals surface area contributed by atoms with Crippen molar-refractivity contribution < 1.29 is 0 Å². The minimum absolute atomic E-state index is 0.506. The van der Waals surface area contributed by atoms with Crippen LogP contribution in [0.15, 0.2) is 24.4 Å². The molecule has 110 valence electrons. The lowest BCUT2D eigenvalue weighted by Crippen LogP contribution is -2.23. The summed E-state index contributed by atoms with van der Waals surface area (Å²) in [6.45, 7) is 11.4. The molecule has 2 aromatic heterocycles. The minimum Gasteiger partial charge on any atom is -0.344 e. The van der Waals surface area contributed by atoms with Crippen molar-refractivity contribution in [3.05, 3.63) is 41.5 Å². The highest BCUT2D eigenvalue weighted by Gasteiger charge is 2.08. The van der Waals surface area contributed by atoms with Crippen molar-refractivity contribution in [1.82, 2.24) is 19.7 Å². The first kappa shape index (κ1) is 14.9. The third-order valence-electron chi connectivity index (χ3n) is 3.52. The summed E-state index contributed by atoms with van der Waals surface area (Å²) in [6.07, 6.45) is 3.14. The summed E-state index contributed by atoms with van der Waals surface area (Å²) in [5.74, 6) is 0. The topological polar surface area (TPSA) is 34.8 Å². The molecule has 0 atom stereocenters. The minimum atomic E-state index is 0.506. The highest BCUT2D eigenvalue weighted by Crippen LogP contribution is 2.11. The molecule has 0 spiro atoms. The van der Waals surface area contributed by atoms with Gasteiger partial charge in [0.05, 0.1) is 17.9 Å². The van der Waals surface area contributed by atoms with Crippen LogP contribution in [-0.2, 0) is 26.1 Å². The quantitative estimate of drug-likeness (QED) is 0.842. The van der Waals surface area contributed by atoms with E-state index in [-0.39, 0.29) is 0 Å². The van der Waals surface area contributed by atoms with Gasteiger partial charge in [0, 0.05) is 31.0 Å². The Bertz CT molecular complexity index is 536. The van der Waals surface area contributed by atoms with Gasteiger partial charge in [0.15, 0.2) is 0 Å². The van der Waals surface area contributed by atoms with Crippen molar-refractivity contribution in [2.75, 3.05) is 0 Å². The second kappa shape index (κ2) is 6.75. The molecule has 4 heteroatoms. The monoisotopic (exact) mass is 274 g/mol. The summed E-state index contributed by atoms with van der Waals surface area (Å²) in [4.78, 5) is 0. The Labute approximate surface area is 121 Å². The molecule has 2 aromatic rings. The Morgan fingerprint density at radius 1 is 1.25 bits per heavy atom. The van der Waals surface area contributed by atoms with E-state index in [1.807, 2.05) is 0 Å². The first-order chi connectivity index (χ1) is 9.63. The average molecular weight is 274 g/mol. The van der Waals surface area contributed by atoms with Crippen LogP contribution in [0.1, 0.15) is 44.8 Å². The number of hydrogen-bond donors (Lipinski definition) is 1. The molecule has 1 N–H and O–H groups in total. The normalized spacial score (nSPS) is 11.4. The fraction of sp³-hybridized carbons (Fsp3) is 0.562. The van der Waals surface area contributed by atoms with Gasteiger partial charge >= 0.3 is 0 Å². The van der Waals surface area contributed by atoms with Gasteiger partial charge in [-0.1, -0.05) is 20.8 Å². The fourth-order valence-electron chi connectivity index (χ4n) is 2.34. The third-order valence-corrected chi connectivity index (χ3v) is 3.52. The van der Waals surface area contributed by atoms with Crippen LogP contribution in [0.2, 0.25) is 0 Å². The van der Waals surface area contributed by atoms with Crippen LogP contribution < -0.4 is 5.32 Å². The molecule has 2 rings (SSSR count). The van der Waals surface area contributed by atoms with E-state index in [0.29, 0.717) is 6.04 Å². The third kappa shape index (κ3) is 3.51. The van der Waals surface area contributed by atoms with Crippen molar-refractivity contribution >= 4 is 0 Å². The van der Waals surface area contributed by atoms with Crippen LogP contribution >= 0.6 is 0 Å². The van der Waals surface area contributed by atoms with Gasteiger partial charge in [-0.2, -0.15) is 5.10 Å². The summed E-state index contributed by atoms with van der Waals surface area (Å²) in [5, 5.41) is 8.10. The Morgan fingerprint density at radius 3 is 2.70 bits per heavy atom. The number of aryl methyl sites for hydroxylation is 2. The van der Waals surface area contributed by atoms with Crippen LogP contribution in [0.3, 0.4) is 0 Å². The lowest BCUT2D eigenvalue weighted by atomic mass is 10.3. The van der Waals surface area contributed by atoms with Gasteiger partial charge in [-0.3, -0.25) is 4.68 Å². The van der Waals surface area contributed by atoms with Crippen LogP contribution in [-0.4, -0.2) is 20.4 Å². The lowest BCUT2D eigenvalue weighted by Gasteiger charge is -2.12. The molecule has 0 amide bonds. The molecule has 0 aliphatic heterocycles. The zero-order chi connectivity index (χ0) is 14.5. The van der Waals surface area contributed by atoms with Crippen molar-refractivity contribution in [1.29, 1.82) is 0 Å². The molecule has 0 radical (unpaired) electrons. The maximum absolute atomic E-state index is 4.62. The molecule has 2 heterocycles. The van der Waals surface area contributed by atoms with Gasteiger partial charge in [-0.15, -0.1) is 0 Å². The standard InChI is InChI=1S/C16H26N4/c1-5-14-10-16(20(6-2)18-14)12-19-9-7-8-15(19)11-17-13(3)4/h7-10,13,17H,5-6,11-12H2,1-4H3. The Morgan fingerprint density at radius 2 is 2.05 bits per heavy atom. The molecule has 0 unspecified atom stereocenters. The van der Waals surface area contributed by atoms with E-state index in [1.54, 1.807) is 0 Å². The molecule has 0 aliphatic rings. The van der Waals surface area contributed by atoms with Gasteiger partial charge in [0.1, 0.15) is 0 Å². The molecule has 0 fully saturated rings. The number of aromatic nitrogens is 3. The lowest BCUT2D eigenvalue weighted by molar-refractivity contribution is 0.551. The van der Waals surface area contributed by atoms with Crippen molar-refractivity contribution in [3.63, 3.8) is 0 Å². The smallest absolute Gasteiger partial charge is 0.0642 e. The molecule has 0 saturated heterocycles. The highest BCUT2D eigenvalue weighted by molar-refractivity contribution is 5.14. The Kier molecular flexibility index (Phi) is 5.01. The van der Waals surface area contributed by atoms with E-state index in [9.17, 15) is 0 Å². The molecular weight excluding hydrogens is 248 g/mol.